The summed E-state index contributed by atoms with van der Waals surface area (Å²) in [5.74, 6) is 0. The van der Waals surface area contributed by atoms with Gasteiger partial charge in [0.25, 0.3) is 0 Å². The van der Waals surface area contributed by atoms with Crippen molar-refractivity contribution in [2.45, 2.75) is 12.6 Å². The van der Waals surface area contributed by atoms with Crippen LogP contribution < -0.4 is 5.73 Å². The molecule has 0 aromatic heterocycles. The van der Waals surface area contributed by atoms with Crippen LogP contribution >= 0.6 is 0 Å². The van der Waals surface area contributed by atoms with E-state index < -0.39 is 0 Å². The van der Waals surface area contributed by atoms with E-state index in [1.165, 1.54) is 9.76 Å². The van der Waals surface area contributed by atoms with Crippen LogP contribution in [0.25, 0.3) is 0 Å². The Morgan fingerprint density at radius 3 is 2.20 bits per heavy atom. The molecule has 0 saturated heterocycles. The lowest BCUT2D eigenvalue weighted by Crippen LogP contribution is -2.22. The van der Waals surface area contributed by atoms with Crippen LogP contribution in [0, 0.1) is 0 Å². The van der Waals surface area contributed by atoms with Gasteiger partial charge in [-0.2, -0.15) is 0 Å². The van der Waals surface area contributed by atoms with Crippen LogP contribution in [0.5, 0.6) is 0 Å². The highest BCUT2D eigenvalue weighted by Gasteiger charge is 1.81. The Balaban J connectivity index is 2.54. The molecule has 0 aliphatic heterocycles. The average Bonchev–Trinajstić information content (AvgIpc) is 1.38. The van der Waals surface area contributed by atoms with Gasteiger partial charge in [0.15, 0.2) is 0 Å². The highest BCUT2D eigenvalue weighted by molar-refractivity contribution is 6.90. The highest BCUT2D eigenvalue weighted by atomic mass is 29.1. The maximum Gasteiger partial charge on any atom is 0.0242 e. The van der Waals surface area contributed by atoms with Crippen LogP contribution in [0.2, 0.25) is 0 Å². The minimum absolute atomic E-state index is 0.265. The zero-order valence-electron chi connectivity index (χ0n) is 3.86. The smallest absolute Gasteiger partial charge is 0.0242 e. The standard InChI is InChI=1S/C2H11NSi2/c1-2(3)5-4/h2H,3,5H2,1,4H3. The van der Waals surface area contributed by atoms with E-state index >= 15 is 0 Å². The molecule has 0 heterocycles. The number of rotatable bonds is 1. The van der Waals surface area contributed by atoms with Crippen molar-refractivity contribution < 1.29 is 0 Å². The third-order valence-electron chi connectivity index (χ3n) is 0.644. The van der Waals surface area contributed by atoms with Gasteiger partial charge in [-0.3, -0.25) is 0 Å². The van der Waals surface area contributed by atoms with Gasteiger partial charge in [0, 0.05) is 9.04 Å². The molecule has 0 aliphatic carbocycles. The van der Waals surface area contributed by atoms with E-state index in [-0.39, 0.29) is 9.04 Å². The molecule has 0 bridgehead atoms. The van der Waals surface area contributed by atoms with Crippen molar-refractivity contribution in [2.75, 3.05) is 0 Å². The van der Waals surface area contributed by atoms with Gasteiger partial charge < -0.3 is 5.73 Å². The molecule has 0 aliphatic rings. The molecule has 3 heteroatoms. The van der Waals surface area contributed by atoms with E-state index in [0.717, 1.165) is 0 Å². The maximum atomic E-state index is 5.39. The van der Waals surface area contributed by atoms with Crippen molar-refractivity contribution in [3.05, 3.63) is 0 Å². The van der Waals surface area contributed by atoms with Crippen molar-refractivity contribution in [3.8, 4) is 0 Å². The van der Waals surface area contributed by atoms with Gasteiger partial charge in [-0.15, -0.1) is 0 Å². The lowest BCUT2D eigenvalue weighted by atomic mass is 10.8. The third kappa shape index (κ3) is 4.39. The number of hydrogen-bond acceptors (Lipinski definition) is 1. The largest absolute Gasteiger partial charge is 0.331 e. The molecule has 32 valence electrons. The van der Waals surface area contributed by atoms with Crippen LogP contribution in [-0.2, 0) is 0 Å². The van der Waals surface area contributed by atoms with Crippen molar-refractivity contribution in [3.63, 3.8) is 0 Å². The first-order chi connectivity index (χ1) is 2.27. The fourth-order valence-electron chi connectivity index (χ4n) is 0. The van der Waals surface area contributed by atoms with E-state index in [4.69, 9.17) is 5.73 Å². The van der Waals surface area contributed by atoms with Crippen LogP contribution in [0.1, 0.15) is 6.92 Å². The molecule has 1 unspecified atom stereocenters. The molecule has 5 heavy (non-hydrogen) atoms. The van der Waals surface area contributed by atoms with Crippen molar-refractivity contribution in [1.82, 2.24) is 0 Å². The molecule has 0 aromatic carbocycles. The molecular weight excluding hydrogens is 94.2 g/mol. The molecule has 0 rings (SSSR count). The Morgan fingerprint density at radius 2 is 2.20 bits per heavy atom. The van der Waals surface area contributed by atoms with Gasteiger partial charge in [0.1, 0.15) is 0 Å². The van der Waals surface area contributed by atoms with Crippen LogP contribution in [0.3, 0.4) is 0 Å². The Labute approximate surface area is 38.0 Å². The monoisotopic (exact) mass is 105 g/mol. The lowest BCUT2D eigenvalue weighted by molar-refractivity contribution is 1.03. The second kappa shape index (κ2) is 2.62. The van der Waals surface area contributed by atoms with Crippen LogP contribution in [0.4, 0.5) is 0 Å². The summed E-state index contributed by atoms with van der Waals surface area (Å²) in [5, 5.41) is 0. The minimum Gasteiger partial charge on any atom is -0.331 e. The van der Waals surface area contributed by atoms with E-state index in [1.807, 2.05) is 0 Å². The van der Waals surface area contributed by atoms with Gasteiger partial charge in [0.2, 0.25) is 0 Å². The van der Waals surface area contributed by atoms with Crippen molar-refractivity contribution >= 4 is 18.8 Å². The molecular formula is C2H11NSi2. The Kier molecular flexibility index (Phi) is 2.83. The van der Waals surface area contributed by atoms with Gasteiger partial charge in [-0.05, 0) is 15.4 Å². The average molecular weight is 105 g/mol. The fraction of sp³-hybridized carbons (Fsp3) is 1.00. The quantitative estimate of drug-likeness (QED) is 0.374. The van der Waals surface area contributed by atoms with Crippen LogP contribution in [0.15, 0.2) is 0 Å². The van der Waals surface area contributed by atoms with Gasteiger partial charge in [-0.25, -0.2) is 0 Å². The second-order valence-corrected chi connectivity index (χ2v) is 5.94. The van der Waals surface area contributed by atoms with Crippen LogP contribution in [-0.4, -0.2) is 24.5 Å². The number of nitrogens with two attached hydrogens (primary N) is 1. The molecule has 0 spiro atoms. The molecule has 1 nitrogen and oxygen atoms in total. The Bertz CT molecular complexity index is 21.6. The Morgan fingerprint density at radius 1 is 2.00 bits per heavy atom. The summed E-state index contributed by atoms with van der Waals surface area (Å²) in [6.07, 6.45) is 0. The molecule has 1 atom stereocenters. The van der Waals surface area contributed by atoms with E-state index in [1.54, 1.807) is 0 Å². The summed E-state index contributed by atoms with van der Waals surface area (Å²) in [4.78, 5) is 0. The summed E-state index contributed by atoms with van der Waals surface area (Å²) >= 11 is 0. The zero-order chi connectivity index (χ0) is 4.28. The summed E-state index contributed by atoms with van der Waals surface area (Å²) < 4.78 is 0. The molecule has 0 fully saturated rings. The first kappa shape index (κ1) is 5.39. The number of hydrogen-bond donors (Lipinski definition) is 1. The topological polar surface area (TPSA) is 26.0 Å². The van der Waals surface area contributed by atoms with Crippen molar-refractivity contribution in [2.24, 2.45) is 5.73 Å². The third-order valence-corrected chi connectivity index (χ3v) is 5.80. The minimum atomic E-state index is 0.265. The second-order valence-electron chi connectivity index (χ2n) is 1.39. The predicted octanol–water partition coefficient (Wildman–Crippen LogP) is -2.26. The SMILES string of the molecule is CC(N)[SiH2][SiH3]. The highest BCUT2D eigenvalue weighted by Crippen LogP contribution is 1.58. The van der Waals surface area contributed by atoms with Crippen molar-refractivity contribution in [1.29, 1.82) is 0 Å². The van der Waals surface area contributed by atoms with E-state index in [2.05, 4.69) is 6.92 Å². The normalized spacial score (nSPS) is 18.0. The lowest BCUT2D eigenvalue weighted by Gasteiger charge is -1.90. The molecule has 2 N–H and O–H groups in total. The zero-order valence-corrected chi connectivity index (χ0v) is 7.28. The summed E-state index contributed by atoms with van der Waals surface area (Å²) in [5.41, 5.74) is 5.97. The summed E-state index contributed by atoms with van der Waals surface area (Å²) in [7, 11) is 1.65. The summed E-state index contributed by atoms with van der Waals surface area (Å²) in [6.45, 7) is 2.10. The van der Waals surface area contributed by atoms with Gasteiger partial charge >= 0.3 is 0 Å². The fourth-order valence-corrected chi connectivity index (χ4v) is 0. The molecule has 0 amide bonds. The van der Waals surface area contributed by atoms with Gasteiger partial charge in [0.05, 0.1) is 0 Å². The first-order valence-corrected chi connectivity index (χ1v) is 8.50. The van der Waals surface area contributed by atoms with Gasteiger partial charge in [-0.1, -0.05) is 6.92 Å². The molecule has 0 radical (unpaired) electrons. The van der Waals surface area contributed by atoms with E-state index in [0.29, 0.717) is 5.67 Å². The first-order valence-electron chi connectivity index (χ1n) is 2.03. The Hall–Kier alpha value is 0.394. The maximum absolute atomic E-state index is 5.39. The molecule has 0 aromatic rings. The molecule has 0 saturated carbocycles. The van der Waals surface area contributed by atoms with E-state index in [9.17, 15) is 0 Å². The predicted molar refractivity (Wildman–Crippen MR) is 32.1 cm³/mol. The summed E-state index contributed by atoms with van der Waals surface area (Å²) in [6, 6.07) is 0.